The second kappa shape index (κ2) is 7.08. The monoisotopic (exact) mass is 300 g/mol. The number of rotatable bonds is 4. The van der Waals surface area contributed by atoms with Crippen molar-refractivity contribution in [3.63, 3.8) is 0 Å². The maximum absolute atomic E-state index is 9.22. The van der Waals surface area contributed by atoms with Crippen LogP contribution in [0.5, 0.6) is 0 Å². The molecule has 3 rings (SSSR count). The molecule has 0 aliphatic heterocycles. The zero-order valence-corrected chi connectivity index (χ0v) is 13.2. The van der Waals surface area contributed by atoms with Crippen molar-refractivity contribution in [1.82, 2.24) is 0 Å². The summed E-state index contributed by atoms with van der Waals surface area (Å²) in [4.78, 5) is 0. The van der Waals surface area contributed by atoms with Crippen molar-refractivity contribution in [2.24, 2.45) is 0 Å². The molecule has 0 radical (unpaired) electrons. The smallest absolute Gasteiger partial charge is 0.0618 e. The molecule has 3 aromatic carbocycles. The first kappa shape index (κ1) is 15.3. The Kier molecular flexibility index (Phi) is 4.70. The summed E-state index contributed by atoms with van der Waals surface area (Å²) in [5, 5.41) is 9.22. The highest BCUT2D eigenvalue weighted by Gasteiger charge is 2.09. The Morgan fingerprint density at radius 1 is 0.783 bits per heavy atom. The van der Waals surface area contributed by atoms with Gasteiger partial charge in [0.2, 0.25) is 0 Å². The molecule has 0 fully saturated rings. The normalized spacial score (nSPS) is 11.5. The number of allylic oxidation sites excluding steroid dienone is 1. The van der Waals surface area contributed by atoms with Crippen LogP contribution in [0.4, 0.5) is 0 Å². The summed E-state index contributed by atoms with van der Waals surface area (Å²) in [6, 6.07) is 27.3. The maximum Gasteiger partial charge on any atom is 0.0618 e. The molecule has 0 saturated carbocycles. The number of benzene rings is 3. The van der Waals surface area contributed by atoms with Crippen molar-refractivity contribution in [2.75, 3.05) is 6.61 Å². The third kappa shape index (κ3) is 3.41. The second-order valence-corrected chi connectivity index (χ2v) is 5.56. The summed E-state index contributed by atoms with van der Waals surface area (Å²) in [6.07, 6.45) is 1.85. The lowest BCUT2D eigenvalue weighted by atomic mass is 9.91. The van der Waals surface area contributed by atoms with Crippen molar-refractivity contribution in [3.05, 3.63) is 90.5 Å². The van der Waals surface area contributed by atoms with Gasteiger partial charge >= 0.3 is 0 Å². The topological polar surface area (TPSA) is 20.2 Å². The minimum atomic E-state index is 0.0561. The fraction of sp³-hybridized carbons (Fsp3) is 0.0909. The molecule has 0 atom stereocenters. The minimum absolute atomic E-state index is 0.0561. The molecule has 0 heterocycles. The predicted molar refractivity (Wildman–Crippen MR) is 98.1 cm³/mol. The van der Waals surface area contributed by atoms with E-state index < -0.39 is 0 Å². The van der Waals surface area contributed by atoms with Gasteiger partial charge in [-0.05, 0) is 46.4 Å². The summed E-state index contributed by atoms with van der Waals surface area (Å²) in [5.74, 6) is 0. The van der Waals surface area contributed by atoms with Crippen molar-refractivity contribution >= 4 is 5.57 Å². The van der Waals surface area contributed by atoms with Crippen LogP contribution < -0.4 is 0 Å². The van der Waals surface area contributed by atoms with Gasteiger partial charge in [-0.3, -0.25) is 0 Å². The molecule has 0 unspecified atom stereocenters. The predicted octanol–water partition coefficient (Wildman–Crippen LogP) is 5.42. The Morgan fingerprint density at radius 3 is 2.00 bits per heavy atom. The van der Waals surface area contributed by atoms with Crippen LogP contribution >= 0.6 is 0 Å². The van der Waals surface area contributed by atoms with Gasteiger partial charge in [0, 0.05) is 0 Å². The molecule has 0 saturated heterocycles. The van der Waals surface area contributed by atoms with Gasteiger partial charge < -0.3 is 5.11 Å². The minimum Gasteiger partial charge on any atom is -0.392 e. The van der Waals surface area contributed by atoms with Gasteiger partial charge in [0.1, 0.15) is 0 Å². The highest BCUT2D eigenvalue weighted by molar-refractivity contribution is 5.84. The largest absolute Gasteiger partial charge is 0.392 e. The first-order valence-electron chi connectivity index (χ1n) is 7.82. The Hall–Kier alpha value is -2.64. The summed E-state index contributed by atoms with van der Waals surface area (Å²) >= 11 is 0. The van der Waals surface area contributed by atoms with Crippen LogP contribution in [0, 0.1) is 0 Å². The van der Waals surface area contributed by atoms with Gasteiger partial charge in [-0.1, -0.05) is 78.9 Å². The average Bonchev–Trinajstić information content (AvgIpc) is 2.63. The van der Waals surface area contributed by atoms with Crippen LogP contribution in [0.2, 0.25) is 0 Å². The van der Waals surface area contributed by atoms with Gasteiger partial charge in [0.25, 0.3) is 0 Å². The summed E-state index contributed by atoms with van der Waals surface area (Å²) in [6.45, 7) is 2.10. The van der Waals surface area contributed by atoms with E-state index in [4.69, 9.17) is 0 Å². The van der Waals surface area contributed by atoms with Gasteiger partial charge in [-0.2, -0.15) is 0 Å². The molecular weight excluding hydrogens is 280 g/mol. The fourth-order valence-electron chi connectivity index (χ4n) is 2.80. The highest BCUT2D eigenvalue weighted by Crippen LogP contribution is 2.33. The van der Waals surface area contributed by atoms with Crippen molar-refractivity contribution in [1.29, 1.82) is 0 Å². The first-order chi connectivity index (χ1) is 11.3. The van der Waals surface area contributed by atoms with E-state index >= 15 is 0 Å². The highest BCUT2D eigenvalue weighted by atomic mass is 16.2. The SMILES string of the molecule is CC(=CCO)c1ccc(-c2ccccc2)cc1-c1ccccc1. The van der Waals surface area contributed by atoms with Crippen molar-refractivity contribution in [3.8, 4) is 22.3 Å². The molecular formula is C22H20O. The van der Waals surface area contributed by atoms with Crippen LogP contribution in [0.15, 0.2) is 84.9 Å². The average molecular weight is 300 g/mol. The fourth-order valence-corrected chi connectivity index (χ4v) is 2.80. The lowest BCUT2D eigenvalue weighted by Gasteiger charge is -2.13. The standard InChI is InChI=1S/C22H20O/c1-17(14-15-23)21-13-12-20(18-8-4-2-5-9-18)16-22(21)19-10-6-3-7-11-19/h2-14,16,23H,15H2,1H3. The molecule has 0 aliphatic carbocycles. The Bertz CT molecular complexity index is 802. The van der Waals surface area contributed by atoms with E-state index in [0.29, 0.717) is 0 Å². The van der Waals surface area contributed by atoms with Gasteiger partial charge in [0.15, 0.2) is 0 Å². The number of hydrogen-bond donors (Lipinski definition) is 1. The van der Waals surface area contributed by atoms with Crippen molar-refractivity contribution < 1.29 is 5.11 Å². The molecule has 0 amide bonds. The number of hydrogen-bond acceptors (Lipinski definition) is 1. The third-order valence-electron chi connectivity index (χ3n) is 4.03. The number of aliphatic hydroxyl groups is 1. The lowest BCUT2D eigenvalue weighted by molar-refractivity contribution is 0.343. The quantitative estimate of drug-likeness (QED) is 0.682. The van der Waals surface area contributed by atoms with Crippen molar-refractivity contribution in [2.45, 2.75) is 6.92 Å². The summed E-state index contributed by atoms with van der Waals surface area (Å²) in [5.41, 5.74) is 7.03. The molecule has 1 nitrogen and oxygen atoms in total. The molecule has 0 aromatic heterocycles. The summed E-state index contributed by atoms with van der Waals surface area (Å²) < 4.78 is 0. The van der Waals surface area contributed by atoms with E-state index in [1.807, 2.05) is 25.1 Å². The third-order valence-corrected chi connectivity index (χ3v) is 4.03. The van der Waals surface area contributed by atoms with Crippen LogP contribution in [-0.4, -0.2) is 11.7 Å². The van der Waals surface area contributed by atoms with Crippen LogP contribution in [0.1, 0.15) is 12.5 Å². The van der Waals surface area contributed by atoms with E-state index in [9.17, 15) is 5.11 Å². The second-order valence-electron chi connectivity index (χ2n) is 5.56. The van der Waals surface area contributed by atoms with Gasteiger partial charge in [-0.15, -0.1) is 0 Å². The molecule has 1 N–H and O–H groups in total. The Balaban J connectivity index is 2.17. The van der Waals surface area contributed by atoms with Gasteiger partial charge in [-0.25, -0.2) is 0 Å². The van der Waals surface area contributed by atoms with Crippen LogP contribution in [0.3, 0.4) is 0 Å². The van der Waals surface area contributed by atoms with Gasteiger partial charge in [0.05, 0.1) is 6.61 Å². The molecule has 1 heteroatoms. The Labute approximate surface area is 137 Å². The molecule has 23 heavy (non-hydrogen) atoms. The number of aliphatic hydroxyl groups excluding tert-OH is 1. The van der Waals surface area contributed by atoms with E-state index in [1.54, 1.807) is 0 Å². The van der Waals surface area contributed by atoms with Crippen LogP contribution in [-0.2, 0) is 0 Å². The molecule has 3 aromatic rings. The van der Waals surface area contributed by atoms with E-state index in [0.717, 1.165) is 11.1 Å². The zero-order valence-electron chi connectivity index (χ0n) is 13.2. The van der Waals surface area contributed by atoms with E-state index in [2.05, 4.69) is 66.7 Å². The molecule has 114 valence electrons. The molecule has 0 spiro atoms. The van der Waals surface area contributed by atoms with E-state index in [1.165, 1.54) is 22.3 Å². The molecule has 0 aliphatic rings. The van der Waals surface area contributed by atoms with E-state index in [-0.39, 0.29) is 6.61 Å². The van der Waals surface area contributed by atoms with Crippen LogP contribution in [0.25, 0.3) is 27.8 Å². The summed E-state index contributed by atoms with van der Waals surface area (Å²) in [7, 11) is 0. The zero-order chi connectivity index (χ0) is 16.1. The first-order valence-corrected chi connectivity index (χ1v) is 7.82. The Morgan fingerprint density at radius 2 is 1.39 bits per heavy atom. The molecule has 0 bridgehead atoms. The lowest BCUT2D eigenvalue weighted by Crippen LogP contribution is -1.90. The maximum atomic E-state index is 9.22.